The van der Waals surface area contributed by atoms with Crippen LogP contribution in [0.5, 0.6) is 0 Å². The van der Waals surface area contributed by atoms with E-state index in [9.17, 15) is 5.11 Å². The van der Waals surface area contributed by atoms with Crippen LogP contribution in [0.4, 0.5) is 0 Å². The third-order valence-corrected chi connectivity index (χ3v) is 4.69. The van der Waals surface area contributed by atoms with Gasteiger partial charge in [-0.3, -0.25) is 0 Å². The zero-order valence-corrected chi connectivity index (χ0v) is 8.02. The summed E-state index contributed by atoms with van der Waals surface area (Å²) in [4.78, 5) is 0. The van der Waals surface area contributed by atoms with Gasteiger partial charge in [-0.05, 0) is 48.9 Å². The van der Waals surface area contributed by atoms with Gasteiger partial charge in [0, 0.05) is 6.61 Å². The van der Waals surface area contributed by atoms with Gasteiger partial charge in [-0.25, -0.2) is 0 Å². The Morgan fingerprint density at radius 3 is 2.85 bits per heavy atom. The Labute approximate surface area is 79.8 Å². The third kappa shape index (κ3) is 0.969. The highest BCUT2D eigenvalue weighted by Crippen LogP contribution is 2.57. The fraction of sp³-hybridized carbons (Fsp3) is 0.833. The second kappa shape index (κ2) is 2.84. The summed E-state index contributed by atoms with van der Waals surface area (Å²) in [5.41, 5.74) is 0. The topological polar surface area (TPSA) is 20.2 Å². The predicted octanol–water partition coefficient (Wildman–Crippen LogP) is 2.22. The molecule has 1 heteroatoms. The van der Waals surface area contributed by atoms with Crippen molar-refractivity contribution in [1.82, 2.24) is 0 Å². The van der Waals surface area contributed by atoms with E-state index in [-0.39, 0.29) is 0 Å². The Morgan fingerprint density at radius 1 is 1.15 bits per heavy atom. The van der Waals surface area contributed by atoms with Gasteiger partial charge < -0.3 is 5.11 Å². The number of aliphatic hydroxyl groups excluding tert-OH is 1. The standard InChI is InChI=1S/C12H18O/c13-7-12-10-5-1-3-8(10)9-4-2-6-11(9)12/h1,3,8-13H,2,4-7H2/t8-,9?,10-,11?,12?/m1/s1. The lowest BCUT2D eigenvalue weighted by Crippen LogP contribution is -2.18. The Hall–Kier alpha value is -0.300. The third-order valence-electron chi connectivity index (χ3n) is 4.69. The van der Waals surface area contributed by atoms with Crippen LogP contribution in [-0.2, 0) is 0 Å². The highest BCUT2D eigenvalue weighted by Gasteiger charge is 2.51. The van der Waals surface area contributed by atoms with Gasteiger partial charge in [0.1, 0.15) is 0 Å². The molecule has 13 heavy (non-hydrogen) atoms. The maximum Gasteiger partial charge on any atom is 0.0465 e. The number of aliphatic hydroxyl groups is 1. The largest absolute Gasteiger partial charge is 0.396 e. The molecule has 2 fully saturated rings. The quantitative estimate of drug-likeness (QED) is 0.610. The average Bonchev–Trinajstić information content (AvgIpc) is 2.71. The van der Waals surface area contributed by atoms with Gasteiger partial charge in [-0.2, -0.15) is 0 Å². The Morgan fingerprint density at radius 2 is 2.00 bits per heavy atom. The summed E-state index contributed by atoms with van der Waals surface area (Å²) in [6.45, 7) is 0.435. The fourth-order valence-corrected chi connectivity index (χ4v) is 4.23. The molecule has 3 rings (SSSR count). The molecule has 0 saturated heterocycles. The van der Waals surface area contributed by atoms with E-state index in [1.54, 1.807) is 0 Å². The summed E-state index contributed by atoms with van der Waals surface area (Å²) in [7, 11) is 0. The molecule has 0 spiro atoms. The molecule has 2 saturated carbocycles. The maximum absolute atomic E-state index is 9.43. The van der Waals surface area contributed by atoms with Crippen molar-refractivity contribution in [3.05, 3.63) is 12.2 Å². The molecule has 1 N–H and O–H groups in total. The van der Waals surface area contributed by atoms with Crippen molar-refractivity contribution < 1.29 is 5.11 Å². The second-order valence-corrected chi connectivity index (χ2v) is 5.01. The van der Waals surface area contributed by atoms with Gasteiger partial charge in [-0.15, -0.1) is 0 Å². The van der Waals surface area contributed by atoms with E-state index in [4.69, 9.17) is 0 Å². The van der Waals surface area contributed by atoms with Crippen LogP contribution in [-0.4, -0.2) is 11.7 Å². The summed E-state index contributed by atoms with van der Waals surface area (Å²) in [5.74, 6) is 4.07. The normalized spacial score (nSPS) is 52.5. The van der Waals surface area contributed by atoms with E-state index in [0.717, 1.165) is 23.7 Å². The number of hydrogen-bond donors (Lipinski definition) is 1. The molecule has 0 aromatic carbocycles. The molecule has 0 aromatic rings. The number of hydrogen-bond acceptors (Lipinski definition) is 1. The fourth-order valence-electron chi connectivity index (χ4n) is 4.23. The molecule has 0 aromatic heterocycles. The summed E-state index contributed by atoms with van der Waals surface area (Å²) in [5, 5.41) is 9.43. The first-order chi connectivity index (χ1) is 6.42. The minimum absolute atomic E-state index is 0.435. The first-order valence-electron chi connectivity index (χ1n) is 5.69. The molecule has 3 aliphatic carbocycles. The molecular weight excluding hydrogens is 160 g/mol. The van der Waals surface area contributed by atoms with Crippen LogP contribution in [0.25, 0.3) is 0 Å². The first kappa shape index (κ1) is 8.05. The van der Waals surface area contributed by atoms with E-state index in [1.165, 1.54) is 25.7 Å². The van der Waals surface area contributed by atoms with E-state index >= 15 is 0 Å². The SMILES string of the molecule is OCC1C2CCCC2[C@H]2C=CC[C@@H]12. The number of allylic oxidation sites excluding steroid dienone is 2. The summed E-state index contributed by atoms with van der Waals surface area (Å²) >= 11 is 0. The summed E-state index contributed by atoms with van der Waals surface area (Å²) in [6.07, 6.45) is 10.2. The van der Waals surface area contributed by atoms with Crippen LogP contribution in [0.3, 0.4) is 0 Å². The zero-order chi connectivity index (χ0) is 8.84. The minimum atomic E-state index is 0.435. The highest BCUT2D eigenvalue weighted by atomic mass is 16.3. The first-order valence-corrected chi connectivity index (χ1v) is 5.69. The molecule has 0 bridgehead atoms. The van der Waals surface area contributed by atoms with Gasteiger partial charge in [0.2, 0.25) is 0 Å². The molecular formula is C12H18O. The van der Waals surface area contributed by atoms with Crippen LogP contribution in [0.15, 0.2) is 12.2 Å². The van der Waals surface area contributed by atoms with Crippen LogP contribution in [0.1, 0.15) is 25.7 Å². The van der Waals surface area contributed by atoms with Crippen molar-refractivity contribution in [2.24, 2.45) is 29.6 Å². The number of fused-ring (bicyclic) bond motifs is 3. The molecule has 5 atom stereocenters. The van der Waals surface area contributed by atoms with E-state index in [1.807, 2.05) is 0 Å². The maximum atomic E-state index is 9.43. The molecule has 3 aliphatic rings. The van der Waals surface area contributed by atoms with Gasteiger partial charge >= 0.3 is 0 Å². The Bertz CT molecular complexity index is 233. The monoisotopic (exact) mass is 178 g/mol. The summed E-state index contributed by atoms with van der Waals surface area (Å²) < 4.78 is 0. The van der Waals surface area contributed by atoms with Crippen molar-refractivity contribution in [3.63, 3.8) is 0 Å². The predicted molar refractivity (Wildman–Crippen MR) is 52.1 cm³/mol. The lowest BCUT2D eigenvalue weighted by Gasteiger charge is -2.20. The zero-order valence-electron chi connectivity index (χ0n) is 8.02. The molecule has 0 radical (unpaired) electrons. The second-order valence-electron chi connectivity index (χ2n) is 5.01. The van der Waals surface area contributed by atoms with Gasteiger partial charge in [0.05, 0.1) is 0 Å². The minimum Gasteiger partial charge on any atom is -0.396 e. The molecule has 0 heterocycles. The van der Waals surface area contributed by atoms with E-state index in [2.05, 4.69) is 12.2 Å². The summed E-state index contributed by atoms with van der Waals surface area (Å²) in [6, 6.07) is 0. The van der Waals surface area contributed by atoms with Crippen molar-refractivity contribution in [2.45, 2.75) is 25.7 Å². The van der Waals surface area contributed by atoms with Crippen LogP contribution < -0.4 is 0 Å². The van der Waals surface area contributed by atoms with Gasteiger partial charge in [0.25, 0.3) is 0 Å². The van der Waals surface area contributed by atoms with Crippen molar-refractivity contribution >= 4 is 0 Å². The lowest BCUT2D eigenvalue weighted by atomic mass is 9.87. The molecule has 0 amide bonds. The molecule has 1 nitrogen and oxygen atoms in total. The van der Waals surface area contributed by atoms with Crippen molar-refractivity contribution in [3.8, 4) is 0 Å². The lowest BCUT2D eigenvalue weighted by molar-refractivity contribution is 0.156. The van der Waals surface area contributed by atoms with Crippen LogP contribution in [0, 0.1) is 29.6 Å². The smallest absolute Gasteiger partial charge is 0.0465 e. The number of rotatable bonds is 1. The Kier molecular flexibility index (Phi) is 1.76. The molecule has 0 aliphatic heterocycles. The van der Waals surface area contributed by atoms with Gasteiger partial charge in [-0.1, -0.05) is 18.6 Å². The van der Waals surface area contributed by atoms with Crippen LogP contribution in [0.2, 0.25) is 0 Å². The molecule has 72 valence electrons. The van der Waals surface area contributed by atoms with Crippen LogP contribution >= 0.6 is 0 Å². The molecule has 3 unspecified atom stereocenters. The Balaban J connectivity index is 1.90. The highest BCUT2D eigenvalue weighted by molar-refractivity contribution is 5.13. The average molecular weight is 178 g/mol. The van der Waals surface area contributed by atoms with E-state index in [0.29, 0.717) is 12.5 Å². The van der Waals surface area contributed by atoms with Crippen molar-refractivity contribution in [2.75, 3.05) is 6.61 Å². The van der Waals surface area contributed by atoms with Gasteiger partial charge in [0.15, 0.2) is 0 Å². The van der Waals surface area contributed by atoms with E-state index < -0.39 is 0 Å². The van der Waals surface area contributed by atoms with Crippen molar-refractivity contribution in [1.29, 1.82) is 0 Å².